The Morgan fingerprint density at radius 1 is 1.13 bits per heavy atom. The van der Waals surface area contributed by atoms with Crippen molar-refractivity contribution in [2.24, 2.45) is 5.92 Å². The first-order valence-corrected chi connectivity index (χ1v) is 9.54. The van der Waals surface area contributed by atoms with Gasteiger partial charge in [0.15, 0.2) is 0 Å². The molecule has 9 heteroatoms. The lowest BCUT2D eigenvalue weighted by Crippen LogP contribution is -2.47. The van der Waals surface area contributed by atoms with Gasteiger partial charge in [0.25, 0.3) is 11.6 Å². The number of pyridine rings is 1. The molecule has 3 aromatic rings. The van der Waals surface area contributed by atoms with E-state index in [2.05, 4.69) is 15.6 Å². The highest BCUT2D eigenvalue weighted by atomic mass is 35.5. The highest BCUT2D eigenvalue weighted by Gasteiger charge is 2.26. The van der Waals surface area contributed by atoms with Gasteiger partial charge in [0.1, 0.15) is 6.04 Å². The largest absolute Gasteiger partial charge is 0.340 e. The Bertz CT molecular complexity index is 1130. The maximum Gasteiger partial charge on any atom is 0.270 e. The summed E-state index contributed by atoms with van der Waals surface area (Å²) in [6.07, 6.45) is 1.55. The molecule has 0 spiro atoms. The fourth-order valence-corrected chi connectivity index (χ4v) is 3.18. The zero-order chi connectivity index (χ0) is 21.8. The van der Waals surface area contributed by atoms with E-state index in [1.807, 2.05) is 24.3 Å². The molecule has 0 fully saturated rings. The van der Waals surface area contributed by atoms with Crippen LogP contribution in [0.2, 0.25) is 5.02 Å². The minimum absolute atomic E-state index is 0.0492. The number of nitro groups is 1. The van der Waals surface area contributed by atoms with Crippen molar-refractivity contribution in [2.75, 3.05) is 5.32 Å². The molecule has 0 aliphatic rings. The molecule has 8 nitrogen and oxygen atoms in total. The number of para-hydroxylation sites is 1. The van der Waals surface area contributed by atoms with Crippen LogP contribution < -0.4 is 10.6 Å². The number of nitro benzene ring substituents is 1. The highest BCUT2D eigenvalue weighted by Crippen LogP contribution is 2.23. The van der Waals surface area contributed by atoms with Crippen molar-refractivity contribution in [3.63, 3.8) is 0 Å². The quantitative estimate of drug-likeness (QED) is 0.453. The van der Waals surface area contributed by atoms with Crippen molar-refractivity contribution in [3.8, 4) is 0 Å². The van der Waals surface area contributed by atoms with Crippen LogP contribution in [0.4, 0.5) is 11.4 Å². The number of anilines is 1. The van der Waals surface area contributed by atoms with Crippen molar-refractivity contribution in [1.29, 1.82) is 0 Å². The molecule has 0 radical (unpaired) electrons. The highest BCUT2D eigenvalue weighted by molar-refractivity contribution is 6.34. The summed E-state index contributed by atoms with van der Waals surface area (Å²) in [7, 11) is 0. The van der Waals surface area contributed by atoms with Crippen LogP contribution in [-0.4, -0.2) is 27.8 Å². The number of rotatable bonds is 6. The predicted molar refractivity (Wildman–Crippen MR) is 115 cm³/mol. The van der Waals surface area contributed by atoms with Crippen LogP contribution in [0.3, 0.4) is 0 Å². The molecule has 1 aromatic heterocycles. The van der Waals surface area contributed by atoms with Crippen LogP contribution in [0, 0.1) is 16.0 Å². The van der Waals surface area contributed by atoms with Crippen molar-refractivity contribution in [2.45, 2.75) is 19.9 Å². The second-order valence-corrected chi connectivity index (χ2v) is 7.43. The molecule has 0 saturated carbocycles. The smallest absolute Gasteiger partial charge is 0.270 e. The number of hydrogen-bond acceptors (Lipinski definition) is 5. The van der Waals surface area contributed by atoms with Crippen LogP contribution in [0.1, 0.15) is 24.2 Å². The summed E-state index contributed by atoms with van der Waals surface area (Å²) in [6, 6.07) is 12.0. The van der Waals surface area contributed by atoms with Crippen LogP contribution >= 0.6 is 11.6 Å². The number of hydrogen-bond donors (Lipinski definition) is 2. The number of carbonyl (C=O) groups is 2. The van der Waals surface area contributed by atoms with Crippen molar-refractivity contribution in [1.82, 2.24) is 10.3 Å². The Kier molecular flexibility index (Phi) is 6.27. The molecule has 0 bridgehead atoms. The summed E-state index contributed by atoms with van der Waals surface area (Å²) < 4.78 is 0. The first-order chi connectivity index (χ1) is 14.3. The third-order valence-corrected chi connectivity index (χ3v) is 4.81. The monoisotopic (exact) mass is 426 g/mol. The number of non-ortho nitro benzene ring substituents is 1. The maximum absolute atomic E-state index is 12.8. The third kappa shape index (κ3) is 4.72. The first-order valence-electron chi connectivity index (χ1n) is 9.16. The van der Waals surface area contributed by atoms with Gasteiger partial charge >= 0.3 is 0 Å². The Labute approximate surface area is 177 Å². The Morgan fingerprint density at radius 2 is 1.87 bits per heavy atom. The van der Waals surface area contributed by atoms with E-state index in [0.717, 1.165) is 17.0 Å². The standard InChI is InChI=1S/C21H19ClN4O4/c1-12(2)19(25-20(27)16-8-7-15(26(29)30)10-17(16)22)21(28)24-14-9-13-5-3-4-6-18(13)23-11-14/h3-12,19H,1-2H3,(H,24,28)(H,25,27). The average Bonchev–Trinajstić information content (AvgIpc) is 2.71. The summed E-state index contributed by atoms with van der Waals surface area (Å²) in [5.41, 5.74) is 1.13. The van der Waals surface area contributed by atoms with Gasteiger partial charge < -0.3 is 10.6 Å². The molecule has 1 atom stereocenters. The minimum atomic E-state index is -0.852. The van der Waals surface area contributed by atoms with E-state index < -0.39 is 22.8 Å². The summed E-state index contributed by atoms with van der Waals surface area (Å²) in [5.74, 6) is -1.23. The number of nitrogens with zero attached hydrogens (tertiary/aromatic N) is 2. The number of fused-ring (bicyclic) bond motifs is 1. The predicted octanol–water partition coefficient (Wildman–Crippen LogP) is 4.19. The zero-order valence-electron chi connectivity index (χ0n) is 16.3. The second-order valence-electron chi connectivity index (χ2n) is 7.02. The van der Waals surface area contributed by atoms with Gasteiger partial charge in [0, 0.05) is 17.5 Å². The van der Waals surface area contributed by atoms with E-state index in [0.29, 0.717) is 5.69 Å². The van der Waals surface area contributed by atoms with Crippen LogP contribution in [0.25, 0.3) is 10.9 Å². The molecule has 154 valence electrons. The van der Waals surface area contributed by atoms with Crippen LogP contribution in [-0.2, 0) is 4.79 Å². The molecule has 1 heterocycles. The number of amides is 2. The summed E-state index contributed by atoms with van der Waals surface area (Å²) >= 11 is 6.02. The molecule has 2 aromatic carbocycles. The first kappa shape index (κ1) is 21.2. The third-order valence-electron chi connectivity index (χ3n) is 4.50. The number of carbonyl (C=O) groups excluding carboxylic acids is 2. The Hall–Kier alpha value is -3.52. The molecular weight excluding hydrogens is 408 g/mol. The lowest BCUT2D eigenvalue weighted by molar-refractivity contribution is -0.384. The van der Waals surface area contributed by atoms with Crippen LogP contribution in [0.5, 0.6) is 0 Å². The van der Waals surface area contributed by atoms with E-state index in [1.54, 1.807) is 26.1 Å². The van der Waals surface area contributed by atoms with Gasteiger partial charge in [-0.15, -0.1) is 0 Å². The van der Waals surface area contributed by atoms with Gasteiger partial charge in [0.05, 0.1) is 32.9 Å². The van der Waals surface area contributed by atoms with E-state index >= 15 is 0 Å². The van der Waals surface area contributed by atoms with Crippen molar-refractivity contribution >= 4 is 45.7 Å². The number of benzene rings is 2. The Balaban J connectivity index is 1.76. The molecule has 0 saturated heterocycles. The SMILES string of the molecule is CC(C)C(NC(=O)c1ccc([N+](=O)[O-])cc1Cl)C(=O)Nc1cnc2ccccc2c1. The van der Waals surface area contributed by atoms with Gasteiger partial charge in [-0.2, -0.15) is 0 Å². The van der Waals surface area contributed by atoms with Gasteiger partial charge in [-0.05, 0) is 24.1 Å². The fourth-order valence-electron chi connectivity index (χ4n) is 2.92. The van der Waals surface area contributed by atoms with Crippen molar-refractivity contribution in [3.05, 3.63) is 75.4 Å². The molecule has 0 aliphatic heterocycles. The molecule has 2 N–H and O–H groups in total. The minimum Gasteiger partial charge on any atom is -0.340 e. The maximum atomic E-state index is 12.8. The summed E-state index contributed by atoms with van der Waals surface area (Å²) in [6.45, 7) is 3.58. The van der Waals surface area contributed by atoms with E-state index in [9.17, 15) is 19.7 Å². The summed E-state index contributed by atoms with van der Waals surface area (Å²) in [5, 5.41) is 17.1. The molecule has 3 rings (SSSR count). The summed E-state index contributed by atoms with van der Waals surface area (Å²) in [4.78, 5) is 40.0. The number of halogens is 1. The molecule has 0 aliphatic carbocycles. The van der Waals surface area contributed by atoms with Gasteiger partial charge in [-0.1, -0.05) is 43.6 Å². The lowest BCUT2D eigenvalue weighted by atomic mass is 10.0. The topological polar surface area (TPSA) is 114 Å². The molecule has 30 heavy (non-hydrogen) atoms. The molecule has 2 amide bonds. The number of nitrogens with one attached hydrogen (secondary N) is 2. The fraction of sp³-hybridized carbons (Fsp3) is 0.190. The number of aromatic nitrogens is 1. The van der Waals surface area contributed by atoms with Crippen LogP contribution in [0.15, 0.2) is 54.7 Å². The van der Waals surface area contributed by atoms with Crippen molar-refractivity contribution < 1.29 is 14.5 Å². The van der Waals surface area contributed by atoms with E-state index in [1.165, 1.54) is 12.1 Å². The van der Waals surface area contributed by atoms with E-state index in [-0.39, 0.29) is 22.2 Å². The average molecular weight is 427 g/mol. The Morgan fingerprint density at radius 3 is 2.53 bits per heavy atom. The zero-order valence-corrected chi connectivity index (χ0v) is 17.0. The molecule has 1 unspecified atom stereocenters. The molecular formula is C21H19ClN4O4. The van der Waals surface area contributed by atoms with Gasteiger partial charge in [0.2, 0.25) is 5.91 Å². The second kappa shape index (κ2) is 8.87. The normalized spacial score (nSPS) is 11.9. The van der Waals surface area contributed by atoms with Gasteiger partial charge in [-0.25, -0.2) is 0 Å². The lowest BCUT2D eigenvalue weighted by Gasteiger charge is -2.22. The van der Waals surface area contributed by atoms with E-state index in [4.69, 9.17) is 11.6 Å². The van der Waals surface area contributed by atoms with Gasteiger partial charge in [-0.3, -0.25) is 24.7 Å².